The quantitative estimate of drug-likeness (QED) is 0.404. The maximum atomic E-state index is 12.1. The van der Waals surface area contributed by atoms with Gasteiger partial charge in [0.15, 0.2) is 11.9 Å². The van der Waals surface area contributed by atoms with Gasteiger partial charge in [-0.25, -0.2) is 0 Å². The highest BCUT2D eigenvalue weighted by Gasteiger charge is 2.18. The van der Waals surface area contributed by atoms with Crippen molar-refractivity contribution in [2.75, 3.05) is 38.2 Å². The van der Waals surface area contributed by atoms with Gasteiger partial charge in [0, 0.05) is 30.8 Å². The zero-order chi connectivity index (χ0) is 19.6. The van der Waals surface area contributed by atoms with E-state index in [4.69, 9.17) is 9.47 Å². The van der Waals surface area contributed by atoms with Gasteiger partial charge in [-0.2, -0.15) is 0 Å². The maximum absolute atomic E-state index is 12.1. The summed E-state index contributed by atoms with van der Waals surface area (Å²) in [7, 11) is 0. The summed E-state index contributed by atoms with van der Waals surface area (Å²) >= 11 is 0. The highest BCUT2D eigenvalue weighted by Crippen LogP contribution is 2.11. The van der Waals surface area contributed by atoms with E-state index < -0.39 is 12.0 Å². The molecule has 7 heteroatoms. The van der Waals surface area contributed by atoms with Gasteiger partial charge in [0.2, 0.25) is 0 Å². The number of carbonyl (C=O) groups excluding carboxylic acids is 3. The van der Waals surface area contributed by atoms with Crippen molar-refractivity contribution in [3.8, 4) is 0 Å². The summed E-state index contributed by atoms with van der Waals surface area (Å²) in [5.41, 5.74) is 1.13. The second-order valence-electron chi connectivity index (χ2n) is 6.67. The lowest BCUT2D eigenvalue weighted by Crippen LogP contribution is -2.36. The molecule has 1 aromatic carbocycles. The number of ether oxygens (including phenoxy) is 2. The number of nitrogens with zero attached hydrogens (tertiary/aromatic N) is 1. The number of morpholine rings is 1. The fraction of sp³-hybridized carbons (Fsp3) is 0.550. The summed E-state index contributed by atoms with van der Waals surface area (Å²) in [6.07, 6.45) is 1.08. The van der Waals surface area contributed by atoms with Crippen molar-refractivity contribution in [1.29, 1.82) is 0 Å². The number of hydrogen-bond donors (Lipinski definition) is 1. The van der Waals surface area contributed by atoms with Crippen molar-refractivity contribution in [2.45, 2.75) is 39.2 Å². The van der Waals surface area contributed by atoms with Crippen LogP contribution in [0, 0.1) is 0 Å². The van der Waals surface area contributed by atoms with Gasteiger partial charge in [0.05, 0.1) is 13.2 Å². The maximum Gasteiger partial charge on any atom is 0.306 e. The zero-order valence-electron chi connectivity index (χ0n) is 16.0. The minimum absolute atomic E-state index is 0.0382. The molecule has 0 spiro atoms. The summed E-state index contributed by atoms with van der Waals surface area (Å²) in [6.45, 7) is 7.40. The number of anilines is 1. The van der Waals surface area contributed by atoms with Gasteiger partial charge in [0.1, 0.15) is 0 Å². The van der Waals surface area contributed by atoms with Crippen molar-refractivity contribution in [3.63, 3.8) is 0 Å². The summed E-state index contributed by atoms with van der Waals surface area (Å²) < 4.78 is 10.5. The number of esters is 1. The standard InChI is InChI=1S/C20H28N2O5/c1-15(23)17-6-8-18(9-7-17)21-20(25)16(2)27-19(24)5-3-4-10-22-11-13-26-14-12-22/h6-9,16H,3-5,10-14H2,1-2H3,(H,21,25)/t16-/m1/s1. The molecule has 0 radical (unpaired) electrons. The molecule has 2 rings (SSSR count). The Bertz CT molecular complexity index is 638. The van der Waals surface area contributed by atoms with Crippen LogP contribution < -0.4 is 5.32 Å². The first-order valence-corrected chi connectivity index (χ1v) is 9.37. The van der Waals surface area contributed by atoms with Crippen molar-refractivity contribution in [2.24, 2.45) is 0 Å². The van der Waals surface area contributed by atoms with Crippen LogP contribution in [0.1, 0.15) is 43.5 Å². The van der Waals surface area contributed by atoms with Gasteiger partial charge < -0.3 is 14.8 Å². The SMILES string of the molecule is CC(=O)c1ccc(NC(=O)[C@@H](C)OC(=O)CCCCN2CCOCC2)cc1. The summed E-state index contributed by atoms with van der Waals surface area (Å²) in [6, 6.07) is 6.58. The Balaban J connectivity index is 1.65. The number of benzene rings is 1. The molecule has 1 aliphatic heterocycles. The third kappa shape index (κ3) is 7.48. The van der Waals surface area contributed by atoms with Crippen LogP contribution in [-0.2, 0) is 19.1 Å². The highest BCUT2D eigenvalue weighted by molar-refractivity contribution is 5.97. The van der Waals surface area contributed by atoms with Crippen LogP contribution in [0.2, 0.25) is 0 Å². The van der Waals surface area contributed by atoms with Crippen LogP contribution in [0.25, 0.3) is 0 Å². The topological polar surface area (TPSA) is 84.9 Å². The predicted octanol–water partition coefficient (Wildman–Crippen LogP) is 2.26. The van der Waals surface area contributed by atoms with Gasteiger partial charge in [-0.05, 0) is 57.5 Å². The van der Waals surface area contributed by atoms with Gasteiger partial charge in [-0.15, -0.1) is 0 Å². The molecule has 7 nitrogen and oxygen atoms in total. The molecule has 1 amide bonds. The first kappa shape index (κ1) is 21.1. The van der Waals surface area contributed by atoms with E-state index in [0.29, 0.717) is 17.7 Å². The lowest BCUT2D eigenvalue weighted by molar-refractivity contribution is -0.153. The number of Topliss-reactive ketones (excluding diaryl/α,β-unsaturated/α-hetero) is 1. The highest BCUT2D eigenvalue weighted by atomic mass is 16.5. The molecule has 1 saturated heterocycles. The smallest absolute Gasteiger partial charge is 0.306 e. The van der Waals surface area contributed by atoms with Gasteiger partial charge in [0.25, 0.3) is 5.91 Å². The minimum atomic E-state index is -0.871. The molecule has 0 bridgehead atoms. The number of unbranched alkanes of at least 4 members (excludes halogenated alkanes) is 1. The number of ketones is 1. The van der Waals surface area contributed by atoms with E-state index in [0.717, 1.165) is 45.7 Å². The largest absolute Gasteiger partial charge is 0.453 e. The van der Waals surface area contributed by atoms with Crippen molar-refractivity contribution in [3.05, 3.63) is 29.8 Å². The van der Waals surface area contributed by atoms with Gasteiger partial charge in [-0.3, -0.25) is 19.3 Å². The van der Waals surface area contributed by atoms with Crippen molar-refractivity contribution < 1.29 is 23.9 Å². The van der Waals surface area contributed by atoms with Gasteiger partial charge >= 0.3 is 5.97 Å². The summed E-state index contributed by atoms with van der Waals surface area (Å²) in [5.74, 6) is -0.803. The van der Waals surface area contributed by atoms with E-state index in [1.165, 1.54) is 6.92 Å². The number of hydrogen-bond acceptors (Lipinski definition) is 6. The van der Waals surface area contributed by atoms with Crippen LogP contribution in [0.5, 0.6) is 0 Å². The fourth-order valence-electron chi connectivity index (χ4n) is 2.77. The predicted molar refractivity (Wildman–Crippen MR) is 102 cm³/mol. The van der Waals surface area contributed by atoms with Gasteiger partial charge in [-0.1, -0.05) is 0 Å². The van der Waals surface area contributed by atoms with E-state index in [1.807, 2.05) is 0 Å². The fourth-order valence-corrected chi connectivity index (χ4v) is 2.77. The molecule has 0 aromatic heterocycles. The van der Waals surface area contributed by atoms with Crippen LogP contribution in [-0.4, -0.2) is 61.5 Å². The van der Waals surface area contributed by atoms with Crippen LogP contribution in [0.3, 0.4) is 0 Å². The second kappa shape index (κ2) is 10.8. The Morgan fingerprint density at radius 3 is 2.44 bits per heavy atom. The number of carbonyl (C=O) groups is 3. The normalized spacial score (nSPS) is 15.8. The Labute approximate surface area is 160 Å². The monoisotopic (exact) mass is 376 g/mol. The molecule has 27 heavy (non-hydrogen) atoms. The number of amides is 1. The molecular weight excluding hydrogens is 348 g/mol. The first-order chi connectivity index (χ1) is 13.0. The van der Waals surface area contributed by atoms with Crippen molar-refractivity contribution in [1.82, 2.24) is 4.90 Å². The molecule has 1 aromatic rings. The second-order valence-corrected chi connectivity index (χ2v) is 6.67. The average molecular weight is 376 g/mol. The molecule has 1 fully saturated rings. The third-order valence-electron chi connectivity index (χ3n) is 4.45. The first-order valence-electron chi connectivity index (χ1n) is 9.37. The van der Waals surface area contributed by atoms with E-state index >= 15 is 0 Å². The zero-order valence-corrected chi connectivity index (χ0v) is 16.0. The van der Waals surface area contributed by atoms with Crippen LogP contribution >= 0.6 is 0 Å². The lowest BCUT2D eigenvalue weighted by Gasteiger charge is -2.26. The Morgan fingerprint density at radius 1 is 1.15 bits per heavy atom. The molecule has 0 saturated carbocycles. The Kier molecular flexibility index (Phi) is 8.42. The van der Waals surface area contributed by atoms with Crippen LogP contribution in [0.4, 0.5) is 5.69 Å². The molecule has 1 N–H and O–H groups in total. The molecule has 1 heterocycles. The molecule has 1 atom stereocenters. The van der Waals surface area contributed by atoms with E-state index in [1.54, 1.807) is 31.2 Å². The Morgan fingerprint density at radius 2 is 1.81 bits per heavy atom. The Hall–Kier alpha value is -2.25. The molecule has 148 valence electrons. The van der Waals surface area contributed by atoms with E-state index in [2.05, 4.69) is 10.2 Å². The minimum Gasteiger partial charge on any atom is -0.453 e. The average Bonchev–Trinajstić information content (AvgIpc) is 2.66. The van der Waals surface area contributed by atoms with Crippen LogP contribution in [0.15, 0.2) is 24.3 Å². The molecule has 1 aliphatic rings. The number of nitrogens with one attached hydrogen (secondary N) is 1. The van der Waals surface area contributed by atoms with E-state index in [9.17, 15) is 14.4 Å². The molecule has 0 aliphatic carbocycles. The van der Waals surface area contributed by atoms with Crippen molar-refractivity contribution >= 4 is 23.3 Å². The molecule has 0 unspecified atom stereocenters. The lowest BCUT2D eigenvalue weighted by atomic mass is 10.1. The third-order valence-corrected chi connectivity index (χ3v) is 4.45. The summed E-state index contributed by atoms with van der Waals surface area (Å²) in [4.78, 5) is 37.6. The number of rotatable bonds is 9. The molecular formula is C20H28N2O5. The summed E-state index contributed by atoms with van der Waals surface area (Å²) in [5, 5.41) is 2.68. The van der Waals surface area contributed by atoms with E-state index in [-0.39, 0.29) is 11.8 Å².